The molecule has 0 unspecified atom stereocenters. The Kier molecular flexibility index (Phi) is 5.03. The average molecular weight is 384 g/mol. The molecule has 0 saturated heterocycles. The number of fused-ring (bicyclic) bond motifs is 1. The molecule has 0 saturated carbocycles. The number of thiophene rings is 1. The zero-order valence-corrected chi connectivity index (χ0v) is 15.4. The number of carbonyl (C=O) groups is 1. The van der Waals surface area contributed by atoms with E-state index in [1.54, 1.807) is 0 Å². The number of para-hydroxylation sites is 1. The highest BCUT2D eigenvalue weighted by Crippen LogP contribution is 2.26. The molecule has 0 aliphatic rings. The van der Waals surface area contributed by atoms with E-state index in [-0.39, 0.29) is 11.7 Å². The maximum Gasteiger partial charge on any atom is 0.277 e. The van der Waals surface area contributed by atoms with E-state index in [0.29, 0.717) is 17.7 Å². The van der Waals surface area contributed by atoms with Crippen LogP contribution >= 0.6 is 23.1 Å². The van der Waals surface area contributed by atoms with Crippen molar-refractivity contribution in [3.05, 3.63) is 53.5 Å². The van der Waals surface area contributed by atoms with Crippen LogP contribution in [0.2, 0.25) is 0 Å². The minimum atomic E-state index is -0.0503. The van der Waals surface area contributed by atoms with Gasteiger partial charge in [-0.15, -0.1) is 21.5 Å². The molecule has 0 fully saturated rings. The topological polar surface area (TPSA) is 83.8 Å². The van der Waals surface area contributed by atoms with Gasteiger partial charge in [0.1, 0.15) is 0 Å². The van der Waals surface area contributed by atoms with Crippen LogP contribution in [0.5, 0.6) is 0 Å². The second-order valence-corrected chi connectivity index (χ2v) is 7.47. The molecule has 0 atom stereocenters. The minimum Gasteiger partial charge on any atom is -0.410 e. The van der Waals surface area contributed by atoms with Crippen molar-refractivity contribution in [2.45, 2.75) is 11.6 Å². The Labute approximate surface area is 158 Å². The lowest BCUT2D eigenvalue weighted by Crippen LogP contribution is -2.27. The van der Waals surface area contributed by atoms with E-state index in [0.717, 1.165) is 16.8 Å². The van der Waals surface area contributed by atoms with Gasteiger partial charge in [-0.3, -0.25) is 4.79 Å². The monoisotopic (exact) mass is 384 g/mol. The fourth-order valence-corrected chi connectivity index (χ4v) is 3.86. The Hall–Kier alpha value is -2.58. The van der Waals surface area contributed by atoms with Gasteiger partial charge in [0.25, 0.3) is 11.1 Å². The number of nitrogens with zero attached hydrogens (tertiary/aromatic N) is 2. The number of H-pyrrole nitrogens is 1. The van der Waals surface area contributed by atoms with Crippen molar-refractivity contribution in [3.8, 4) is 10.8 Å². The standard InChI is InChI=1S/C18H16N4O2S2/c23-16(11-26-18-22-21-17(24-18)15-6-3-9-25-15)19-8-7-12-10-20-14-5-2-1-4-13(12)14/h1-6,9-10,20H,7-8,11H2,(H,19,23). The summed E-state index contributed by atoms with van der Waals surface area (Å²) in [5.41, 5.74) is 2.31. The second-order valence-electron chi connectivity index (χ2n) is 5.60. The molecule has 1 amide bonds. The number of thioether (sulfide) groups is 1. The van der Waals surface area contributed by atoms with Crippen molar-refractivity contribution >= 4 is 39.9 Å². The third-order valence-electron chi connectivity index (χ3n) is 3.86. The summed E-state index contributed by atoms with van der Waals surface area (Å²) in [6.07, 6.45) is 2.78. The van der Waals surface area contributed by atoms with Gasteiger partial charge in [0, 0.05) is 23.6 Å². The fourth-order valence-electron chi connectivity index (χ4n) is 2.62. The van der Waals surface area contributed by atoms with Gasteiger partial charge >= 0.3 is 0 Å². The van der Waals surface area contributed by atoms with Gasteiger partial charge in [-0.05, 0) is 29.5 Å². The van der Waals surface area contributed by atoms with Gasteiger partial charge in [0.05, 0.1) is 10.6 Å². The van der Waals surface area contributed by atoms with E-state index in [9.17, 15) is 4.79 Å². The van der Waals surface area contributed by atoms with Gasteiger partial charge < -0.3 is 14.7 Å². The van der Waals surface area contributed by atoms with Gasteiger partial charge in [-0.25, -0.2) is 0 Å². The Morgan fingerprint density at radius 2 is 2.15 bits per heavy atom. The van der Waals surface area contributed by atoms with E-state index in [2.05, 4.69) is 26.6 Å². The maximum atomic E-state index is 12.0. The number of carbonyl (C=O) groups excluding carboxylic acids is 1. The van der Waals surface area contributed by atoms with E-state index in [1.807, 2.05) is 41.9 Å². The lowest BCUT2D eigenvalue weighted by Gasteiger charge is -2.03. The van der Waals surface area contributed by atoms with Gasteiger partial charge in [-0.2, -0.15) is 0 Å². The van der Waals surface area contributed by atoms with Gasteiger partial charge in [0.2, 0.25) is 5.91 Å². The predicted octanol–water partition coefficient (Wildman–Crippen LogP) is 3.73. The molecule has 0 aliphatic heterocycles. The van der Waals surface area contributed by atoms with Crippen LogP contribution in [0, 0.1) is 0 Å². The van der Waals surface area contributed by atoms with E-state index in [4.69, 9.17) is 4.42 Å². The van der Waals surface area contributed by atoms with E-state index < -0.39 is 0 Å². The summed E-state index contributed by atoms with van der Waals surface area (Å²) in [4.78, 5) is 16.2. The van der Waals surface area contributed by atoms with Crippen LogP contribution in [0.1, 0.15) is 5.56 Å². The summed E-state index contributed by atoms with van der Waals surface area (Å²) in [6, 6.07) is 12.0. The van der Waals surface area contributed by atoms with Gasteiger partial charge in [-0.1, -0.05) is 36.0 Å². The molecule has 1 aromatic carbocycles. The molecule has 6 nitrogen and oxygen atoms in total. The highest BCUT2D eigenvalue weighted by molar-refractivity contribution is 7.99. The summed E-state index contributed by atoms with van der Waals surface area (Å²) in [7, 11) is 0. The van der Waals surface area contributed by atoms with Crippen molar-refractivity contribution in [2.75, 3.05) is 12.3 Å². The van der Waals surface area contributed by atoms with Crippen molar-refractivity contribution in [1.82, 2.24) is 20.5 Å². The summed E-state index contributed by atoms with van der Waals surface area (Å²) in [5.74, 6) is 0.688. The third-order valence-corrected chi connectivity index (χ3v) is 5.53. The number of hydrogen-bond donors (Lipinski definition) is 2. The summed E-state index contributed by atoms with van der Waals surface area (Å²) in [5, 5.41) is 14.4. The van der Waals surface area contributed by atoms with Crippen LogP contribution in [0.15, 0.2) is 57.6 Å². The summed E-state index contributed by atoms with van der Waals surface area (Å²) >= 11 is 2.78. The number of aromatic amines is 1. The van der Waals surface area contributed by atoms with Crippen molar-refractivity contribution in [1.29, 1.82) is 0 Å². The first-order valence-electron chi connectivity index (χ1n) is 8.11. The largest absolute Gasteiger partial charge is 0.410 e. The second kappa shape index (κ2) is 7.76. The first kappa shape index (κ1) is 16.9. The van der Waals surface area contributed by atoms with Crippen LogP contribution < -0.4 is 5.32 Å². The zero-order chi connectivity index (χ0) is 17.8. The maximum absolute atomic E-state index is 12.0. The molecule has 132 valence electrons. The number of amides is 1. The SMILES string of the molecule is O=C(CSc1nnc(-c2cccs2)o1)NCCc1c[nH]c2ccccc12. The lowest BCUT2D eigenvalue weighted by atomic mass is 10.1. The van der Waals surface area contributed by atoms with Crippen LogP contribution in [0.4, 0.5) is 0 Å². The summed E-state index contributed by atoms with van der Waals surface area (Å²) < 4.78 is 5.56. The zero-order valence-electron chi connectivity index (χ0n) is 13.8. The Balaban J connectivity index is 1.24. The minimum absolute atomic E-state index is 0.0503. The Morgan fingerprint density at radius 3 is 3.04 bits per heavy atom. The molecular weight excluding hydrogens is 368 g/mol. The summed E-state index contributed by atoms with van der Waals surface area (Å²) in [6.45, 7) is 0.589. The van der Waals surface area contributed by atoms with Crippen molar-refractivity contribution in [2.24, 2.45) is 0 Å². The number of rotatable bonds is 7. The smallest absolute Gasteiger partial charge is 0.277 e. The fraction of sp³-hybridized carbons (Fsp3) is 0.167. The first-order chi connectivity index (χ1) is 12.8. The molecule has 4 rings (SSSR count). The molecule has 3 aromatic heterocycles. The number of hydrogen-bond acceptors (Lipinski definition) is 6. The third kappa shape index (κ3) is 3.81. The van der Waals surface area contributed by atoms with Crippen LogP contribution in [0.25, 0.3) is 21.7 Å². The molecule has 0 aliphatic carbocycles. The quantitative estimate of drug-likeness (QED) is 0.474. The van der Waals surface area contributed by atoms with Gasteiger partial charge in [0.15, 0.2) is 0 Å². The number of aromatic nitrogens is 3. The predicted molar refractivity (Wildman–Crippen MR) is 103 cm³/mol. The number of benzene rings is 1. The highest BCUT2D eigenvalue weighted by atomic mass is 32.2. The van der Waals surface area contributed by atoms with Crippen molar-refractivity contribution < 1.29 is 9.21 Å². The van der Waals surface area contributed by atoms with Crippen molar-refractivity contribution in [3.63, 3.8) is 0 Å². The normalized spacial score (nSPS) is 11.1. The molecule has 26 heavy (non-hydrogen) atoms. The van der Waals surface area contributed by atoms with E-state index in [1.165, 1.54) is 34.0 Å². The number of nitrogens with one attached hydrogen (secondary N) is 2. The average Bonchev–Trinajstić information content (AvgIpc) is 3.40. The first-order valence-corrected chi connectivity index (χ1v) is 9.98. The molecule has 2 N–H and O–H groups in total. The van der Waals surface area contributed by atoms with E-state index >= 15 is 0 Å². The lowest BCUT2D eigenvalue weighted by molar-refractivity contribution is -0.118. The molecule has 0 radical (unpaired) electrons. The molecule has 8 heteroatoms. The molecule has 0 spiro atoms. The van der Waals surface area contributed by atoms with Crippen LogP contribution in [-0.4, -0.2) is 33.4 Å². The Bertz CT molecular complexity index is 1010. The van der Waals surface area contributed by atoms with Crippen LogP contribution in [0.3, 0.4) is 0 Å². The molecular formula is C18H16N4O2S2. The Morgan fingerprint density at radius 1 is 1.23 bits per heavy atom. The molecule has 0 bridgehead atoms. The van der Waals surface area contributed by atoms with Crippen LogP contribution in [-0.2, 0) is 11.2 Å². The molecule has 4 aromatic rings. The molecule has 3 heterocycles. The highest BCUT2D eigenvalue weighted by Gasteiger charge is 2.12.